The highest BCUT2D eigenvalue weighted by Crippen LogP contribution is 2.29. The van der Waals surface area contributed by atoms with Gasteiger partial charge in [0.2, 0.25) is 0 Å². The fourth-order valence-electron chi connectivity index (χ4n) is 3.78. The van der Waals surface area contributed by atoms with Crippen LogP contribution in [0.2, 0.25) is 0 Å². The van der Waals surface area contributed by atoms with E-state index in [1.54, 1.807) is 6.07 Å². The van der Waals surface area contributed by atoms with Gasteiger partial charge in [-0.2, -0.15) is 0 Å². The molecule has 0 atom stereocenters. The van der Waals surface area contributed by atoms with Gasteiger partial charge >= 0.3 is 0 Å². The molecular weight excluding hydrogens is 328 g/mol. The second-order valence-corrected chi connectivity index (χ2v) is 7.21. The van der Waals surface area contributed by atoms with Crippen LogP contribution in [0.1, 0.15) is 36.0 Å². The summed E-state index contributed by atoms with van der Waals surface area (Å²) in [4.78, 5) is 26.3. The highest BCUT2D eigenvalue weighted by atomic mass is 16.5. The molecule has 26 heavy (non-hydrogen) atoms. The van der Waals surface area contributed by atoms with Gasteiger partial charge in [-0.1, -0.05) is 30.3 Å². The van der Waals surface area contributed by atoms with Crippen LogP contribution >= 0.6 is 0 Å². The number of carbonyl (C=O) groups is 2. The molecule has 1 saturated carbocycles. The standard InChI is InChI=1S/C21H24N2O3/c24-13-19-18-4-2-1-3-15(18)5-8-20(19)26-14-21(25)22-16-9-11-23(12-10-16)17-6-7-17/h1-5,8,13,16-17H,6-7,9-12,14H2,(H,22,25). The van der Waals surface area contributed by atoms with Crippen molar-refractivity contribution in [2.45, 2.75) is 37.8 Å². The number of hydrogen-bond acceptors (Lipinski definition) is 4. The lowest BCUT2D eigenvalue weighted by molar-refractivity contribution is -0.124. The molecule has 1 heterocycles. The number of hydrogen-bond donors (Lipinski definition) is 1. The lowest BCUT2D eigenvalue weighted by atomic mass is 10.0. The molecule has 1 aliphatic heterocycles. The normalized spacial score (nSPS) is 18.6. The number of nitrogens with zero attached hydrogens (tertiary/aromatic N) is 1. The van der Waals surface area contributed by atoms with Crippen molar-refractivity contribution in [2.24, 2.45) is 0 Å². The van der Waals surface area contributed by atoms with Gasteiger partial charge in [0.25, 0.3) is 5.91 Å². The molecule has 5 heteroatoms. The van der Waals surface area contributed by atoms with Crippen LogP contribution in [-0.4, -0.2) is 48.9 Å². The third-order valence-corrected chi connectivity index (χ3v) is 5.37. The van der Waals surface area contributed by atoms with Crippen molar-refractivity contribution in [3.8, 4) is 5.75 Å². The summed E-state index contributed by atoms with van der Waals surface area (Å²) in [6.45, 7) is 2.06. The number of carbonyl (C=O) groups excluding carboxylic acids is 2. The third-order valence-electron chi connectivity index (χ3n) is 5.37. The van der Waals surface area contributed by atoms with Crippen LogP contribution in [0.4, 0.5) is 0 Å². The first-order valence-electron chi connectivity index (χ1n) is 9.38. The van der Waals surface area contributed by atoms with E-state index in [1.807, 2.05) is 30.3 Å². The molecule has 0 unspecified atom stereocenters. The van der Waals surface area contributed by atoms with Crippen molar-refractivity contribution in [1.29, 1.82) is 0 Å². The van der Waals surface area contributed by atoms with Crippen LogP contribution in [0.5, 0.6) is 5.75 Å². The highest BCUT2D eigenvalue weighted by Gasteiger charge is 2.32. The highest BCUT2D eigenvalue weighted by molar-refractivity contribution is 6.00. The predicted molar refractivity (Wildman–Crippen MR) is 101 cm³/mol. The van der Waals surface area contributed by atoms with E-state index in [4.69, 9.17) is 4.74 Å². The summed E-state index contributed by atoms with van der Waals surface area (Å²) in [5, 5.41) is 4.89. The minimum atomic E-state index is -0.125. The molecule has 0 aromatic heterocycles. The zero-order valence-corrected chi connectivity index (χ0v) is 14.8. The van der Waals surface area contributed by atoms with Crippen LogP contribution in [-0.2, 0) is 4.79 Å². The predicted octanol–water partition coefficient (Wildman–Crippen LogP) is 2.77. The molecule has 1 N–H and O–H groups in total. The van der Waals surface area contributed by atoms with E-state index in [9.17, 15) is 9.59 Å². The van der Waals surface area contributed by atoms with Crippen molar-refractivity contribution in [3.63, 3.8) is 0 Å². The summed E-state index contributed by atoms with van der Waals surface area (Å²) in [6.07, 6.45) is 5.45. The molecule has 0 radical (unpaired) electrons. The van der Waals surface area contributed by atoms with E-state index in [-0.39, 0.29) is 18.6 Å². The number of aldehydes is 1. The molecule has 2 fully saturated rings. The maximum Gasteiger partial charge on any atom is 0.258 e. The lowest BCUT2D eigenvalue weighted by Crippen LogP contribution is -2.46. The Kier molecular flexibility index (Phi) is 4.89. The van der Waals surface area contributed by atoms with E-state index in [0.29, 0.717) is 11.3 Å². The molecule has 0 bridgehead atoms. The molecule has 2 aliphatic rings. The monoisotopic (exact) mass is 352 g/mol. The van der Waals surface area contributed by atoms with Gasteiger partial charge in [0.1, 0.15) is 5.75 Å². The number of rotatable bonds is 6. The number of nitrogens with one attached hydrogen (secondary N) is 1. The quantitative estimate of drug-likeness (QED) is 0.812. The minimum Gasteiger partial charge on any atom is -0.483 e. The first-order chi connectivity index (χ1) is 12.7. The van der Waals surface area contributed by atoms with Gasteiger partial charge in [-0.05, 0) is 42.5 Å². The van der Waals surface area contributed by atoms with Gasteiger partial charge in [-0.15, -0.1) is 0 Å². The second-order valence-electron chi connectivity index (χ2n) is 7.21. The summed E-state index contributed by atoms with van der Waals surface area (Å²) in [5.74, 6) is 0.331. The first kappa shape index (κ1) is 17.0. The second kappa shape index (κ2) is 7.46. The zero-order chi connectivity index (χ0) is 17.9. The van der Waals surface area contributed by atoms with E-state index in [1.165, 1.54) is 12.8 Å². The van der Waals surface area contributed by atoms with Gasteiger partial charge < -0.3 is 15.0 Å². The van der Waals surface area contributed by atoms with Crippen LogP contribution in [0.25, 0.3) is 10.8 Å². The van der Waals surface area contributed by atoms with E-state index in [0.717, 1.165) is 49.0 Å². The summed E-state index contributed by atoms with van der Waals surface area (Å²) >= 11 is 0. The van der Waals surface area contributed by atoms with Gasteiger partial charge in [0, 0.05) is 25.2 Å². The fourth-order valence-corrected chi connectivity index (χ4v) is 3.78. The lowest BCUT2D eigenvalue weighted by Gasteiger charge is -2.32. The van der Waals surface area contributed by atoms with Gasteiger partial charge in [0.05, 0.1) is 5.56 Å². The molecule has 0 spiro atoms. The van der Waals surface area contributed by atoms with Gasteiger partial charge in [-0.25, -0.2) is 0 Å². The van der Waals surface area contributed by atoms with Crippen LogP contribution in [0, 0.1) is 0 Å². The van der Waals surface area contributed by atoms with Crippen molar-refractivity contribution in [1.82, 2.24) is 10.2 Å². The number of benzene rings is 2. The van der Waals surface area contributed by atoms with E-state index >= 15 is 0 Å². The Hall–Kier alpha value is -2.40. The largest absolute Gasteiger partial charge is 0.483 e. The van der Waals surface area contributed by atoms with Crippen molar-refractivity contribution < 1.29 is 14.3 Å². The smallest absolute Gasteiger partial charge is 0.258 e. The third kappa shape index (κ3) is 3.73. The SMILES string of the molecule is O=Cc1c(OCC(=O)NC2CCN(C3CC3)CC2)ccc2ccccc12. The Morgan fingerprint density at radius 2 is 1.88 bits per heavy atom. The van der Waals surface area contributed by atoms with Gasteiger partial charge in [0.15, 0.2) is 12.9 Å². The molecule has 5 nitrogen and oxygen atoms in total. The number of likely N-dealkylation sites (tertiary alicyclic amines) is 1. The molecule has 1 aliphatic carbocycles. The Morgan fingerprint density at radius 3 is 2.62 bits per heavy atom. The van der Waals surface area contributed by atoms with Crippen molar-refractivity contribution in [2.75, 3.05) is 19.7 Å². The Balaban J connectivity index is 1.33. The summed E-state index contributed by atoms with van der Waals surface area (Å²) in [5.41, 5.74) is 0.494. The molecule has 1 amide bonds. The average Bonchev–Trinajstić information content (AvgIpc) is 3.51. The molecule has 2 aromatic rings. The van der Waals surface area contributed by atoms with Crippen LogP contribution in [0.15, 0.2) is 36.4 Å². The van der Waals surface area contributed by atoms with E-state index < -0.39 is 0 Å². The van der Waals surface area contributed by atoms with Crippen molar-refractivity contribution >= 4 is 23.0 Å². The summed E-state index contributed by atoms with van der Waals surface area (Å²) in [7, 11) is 0. The Labute approximate surface area is 153 Å². The maximum atomic E-state index is 12.2. The fraction of sp³-hybridized carbons (Fsp3) is 0.429. The molecule has 2 aromatic carbocycles. The molecular formula is C21H24N2O3. The maximum absolute atomic E-state index is 12.2. The first-order valence-corrected chi connectivity index (χ1v) is 9.38. The van der Waals surface area contributed by atoms with Crippen LogP contribution < -0.4 is 10.1 Å². The molecule has 1 saturated heterocycles. The topological polar surface area (TPSA) is 58.6 Å². The average molecular weight is 352 g/mol. The summed E-state index contributed by atoms with van der Waals surface area (Å²) in [6, 6.07) is 12.3. The molecule has 136 valence electrons. The van der Waals surface area contributed by atoms with Crippen molar-refractivity contribution in [3.05, 3.63) is 42.0 Å². The zero-order valence-electron chi connectivity index (χ0n) is 14.8. The van der Waals surface area contributed by atoms with E-state index in [2.05, 4.69) is 10.2 Å². The minimum absolute atomic E-state index is 0.0674. The number of ether oxygens (including phenoxy) is 1. The Morgan fingerprint density at radius 1 is 1.12 bits per heavy atom. The Bertz CT molecular complexity index is 808. The van der Waals surface area contributed by atoms with Gasteiger partial charge in [-0.3, -0.25) is 9.59 Å². The number of amides is 1. The van der Waals surface area contributed by atoms with Crippen LogP contribution in [0.3, 0.4) is 0 Å². The number of fused-ring (bicyclic) bond motifs is 1. The number of piperidine rings is 1. The molecule has 4 rings (SSSR count). The summed E-state index contributed by atoms with van der Waals surface area (Å²) < 4.78 is 5.66.